The van der Waals surface area contributed by atoms with Gasteiger partial charge in [-0.05, 0) is 55.0 Å². The number of piperidine rings is 2. The van der Waals surface area contributed by atoms with Gasteiger partial charge in [-0.1, -0.05) is 18.2 Å². The predicted molar refractivity (Wildman–Crippen MR) is 109 cm³/mol. The van der Waals surface area contributed by atoms with E-state index in [0.29, 0.717) is 24.9 Å². The van der Waals surface area contributed by atoms with E-state index in [2.05, 4.69) is 39.9 Å². The molecule has 1 amide bonds. The van der Waals surface area contributed by atoms with E-state index in [9.17, 15) is 4.79 Å². The molecule has 2 aromatic rings. The molecule has 28 heavy (non-hydrogen) atoms. The predicted octanol–water partition coefficient (Wildman–Crippen LogP) is 3.41. The number of nitrogens with zero attached hydrogens (tertiary/aromatic N) is 3. The number of ether oxygens (including phenoxy) is 1. The van der Waals surface area contributed by atoms with Gasteiger partial charge in [-0.25, -0.2) is 0 Å². The van der Waals surface area contributed by atoms with Crippen molar-refractivity contribution in [3.63, 3.8) is 0 Å². The second kappa shape index (κ2) is 8.31. The van der Waals surface area contributed by atoms with E-state index in [1.807, 2.05) is 18.2 Å². The number of aryl methyl sites for hydroxylation is 1. The molecule has 1 aromatic carbocycles. The van der Waals surface area contributed by atoms with Gasteiger partial charge in [0.25, 0.3) is 0 Å². The van der Waals surface area contributed by atoms with E-state index in [4.69, 9.17) is 4.74 Å². The first kappa shape index (κ1) is 18.9. The van der Waals surface area contributed by atoms with Crippen molar-refractivity contribution in [1.82, 2.24) is 14.8 Å². The molecule has 0 unspecified atom stereocenters. The summed E-state index contributed by atoms with van der Waals surface area (Å²) in [5.74, 6) is 1.78. The van der Waals surface area contributed by atoms with Gasteiger partial charge in [0, 0.05) is 38.3 Å². The number of benzene rings is 1. The fourth-order valence-electron chi connectivity index (χ4n) is 4.74. The molecular formula is C23H29N3O2. The van der Waals surface area contributed by atoms with Gasteiger partial charge >= 0.3 is 0 Å². The Morgan fingerprint density at radius 1 is 1.18 bits per heavy atom. The second-order valence-corrected chi connectivity index (χ2v) is 8.04. The molecule has 2 saturated heterocycles. The average Bonchev–Trinajstić information content (AvgIpc) is 2.71. The smallest absolute Gasteiger partial charge is 0.223 e. The molecule has 148 valence electrons. The summed E-state index contributed by atoms with van der Waals surface area (Å²) in [4.78, 5) is 21.6. The number of carbonyl (C=O) groups excluding carboxylic acids is 1. The molecule has 2 aliphatic heterocycles. The molecule has 0 saturated carbocycles. The van der Waals surface area contributed by atoms with Crippen molar-refractivity contribution >= 4 is 5.91 Å². The van der Waals surface area contributed by atoms with Crippen LogP contribution in [0, 0.1) is 12.8 Å². The molecule has 0 aliphatic carbocycles. The minimum absolute atomic E-state index is 0.283. The number of carbonyl (C=O) groups is 1. The molecular weight excluding hydrogens is 350 g/mol. The maximum absolute atomic E-state index is 12.6. The summed E-state index contributed by atoms with van der Waals surface area (Å²) in [5, 5.41) is 0. The zero-order valence-corrected chi connectivity index (χ0v) is 16.8. The number of methoxy groups -OCH3 is 1. The van der Waals surface area contributed by atoms with E-state index < -0.39 is 0 Å². The lowest BCUT2D eigenvalue weighted by Gasteiger charge is -2.47. The van der Waals surface area contributed by atoms with Crippen LogP contribution < -0.4 is 4.74 Å². The fraction of sp³-hybridized carbons (Fsp3) is 0.478. The van der Waals surface area contributed by atoms with Crippen molar-refractivity contribution in [2.45, 2.75) is 45.3 Å². The van der Waals surface area contributed by atoms with Crippen LogP contribution in [0.4, 0.5) is 0 Å². The van der Waals surface area contributed by atoms with Crippen molar-refractivity contribution in [3.05, 3.63) is 59.4 Å². The van der Waals surface area contributed by atoms with E-state index in [-0.39, 0.29) is 5.91 Å². The lowest BCUT2D eigenvalue weighted by Crippen LogP contribution is -2.55. The Hall–Kier alpha value is -2.40. The number of aromatic nitrogens is 1. The minimum Gasteiger partial charge on any atom is -0.496 e. The van der Waals surface area contributed by atoms with Gasteiger partial charge < -0.3 is 9.64 Å². The van der Waals surface area contributed by atoms with E-state index in [1.165, 1.54) is 11.1 Å². The molecule has 2 atom stereocenters. The van der Waals surface area contributed by atoms with Gasteiger partial charge in [0.2, 0.25) is 5.91 Å². The maximum Gasteiger partial charge on any atom is 0.223 e. The second-order valence-electron chi connectivity index (χ2n) is 8.04. The zero-order valence-electron chi connectivity index (χ0n) is 16.8. The fourth-order valence-corrected chi connectivity index (χ4v) is 4.74. The van der Waals surface area contributed by atoms with Crippen LogP contribution in [-0.4, -0.2) is 46.9 Å². The van der Waals surface area contributed by atoms with Crippen molar-refractivity contribution in [2.24, 2.45) is 5.92 Å². The van der Waals surface area contributed by atoms with Gasteiger partial charge in [0.05, 0.1) is 19.3 Å². The van der Waals surface area contributed by atoms with Crippen LogP contribution >= 0.6 is 0 Å². The first-order valence-corrected chi connectivity index (χ1v) is 10.2. The van der Waals surface area contributed by atoms with Crippen LogP contribution in [-0.2, 0) is 17.9 Å². The molecule has 5 heteroatoms. The lowest BCUT2D eigenvalue weighted by molar-refractivity contribution is -0.142. The number of hydrogen-bond acceptors (Lipinski definition) is 4. The summed E-state index contributed by atoms with van der Waals surface area (Å²) in [7, 11) is 1.72. The molecule has 4 rings (SSSR count). The third-order valence-corrected chi connectivity index (χ3v) is 6.15. The van der Waals surface area contributed by atoms with E-state index >= 15 is 0 Å². The summed E-state index contributed by atoms with van der Waals surface area (Å²) >= 11 is 0. The standard InChI is InChI=1S/C23H29N3O2/c1-17-13-18(6-8-22(17)28-2)14-25-12-10-21-19(15-25)7-9-23(27)26(21)16-20-5-3-4-11-24-20/h3-6,8,11,13,19,21H,7,9-10,12,14-16H2,1-2H3/t19-,21+/m1/s1. The number of hydrogen-bond donors (Lipinski definition) is 0. The summed E-state index contributed by atoms with van der Waals surface area (Å²) in [6, 6.07) is 12.7. The van der Waals surface area contributed by atoms with Crippen LogP contribution in [0.15, 0.2) is 42.6 Å². The summed E-state index contributed by atoms with van der Waals surface area (Å²) < 4.78 is 5.38. The molecule has 0 radical (unpaired) electrons. The highest BCUT2D eigenvalue weighted by atomic mass is 16.5. The molecule has 1 aromatic heterocycles. The molecule has 0 N–H and O–H groups in total. The average molecular weight is 380 g/mol. The Labute approximate surface area is 167 Å². The maximum atomic E-state index is 12.6. The first-order chi connectivity index (χ1) is 13.6. The van der Waals surface area contributed by atoms with Gasteiger partial charge in [0.15, 0.2) is 0 Å². The van der Waals surface area contributed by atoms with Gasteiger partial charge in [-0.15, -0.1) is 0 Å². The topological polar surface area (TPSA) is 45.7 Å². The lowest BCUT2D eigenvalue weighted by atomic mass is 9.83. The molecule has 0 spiro atoms. The highest BCUT2D eigenvalue weighted by Crippen LogP contribution is 2.33. The van der Waals surface area contributed by atoms with Crippen molar-refractivity contribution in [1.29, 1.82) is 0 Å². The molecule has 5 nitrogen and oxygen atoms in total. The molecule has 2 aliphatic rings. The molecule has 3 heterocycles. The highest BCUT2D eigenvalue weighted by molar-refractivity contribution is 5.77. The largest absolute Gasteiger partial charge is 0.496 e. The number of likely N-dealkylation sites (tertiary alicyclic amines) is 2. The summed E-state index contributed by atoms with van der Waals surface area (Å²) in [5.41, 5.74) is 3.49. The Kier molecular flexibility index (Phi) is 5.62. The third-order valence-electron chi connectivity index (χ3n) is 6.15. The van der Waals surface area contributed by atoms with E-state index in [1.54, 1.807) is 13.3 Å². The van der Waals surface area contributed by atoms with Crippen LogP contribution in [0.1, 0.15) is 36.1 Å². The number of fused-ring (bicyclic) bond motifs is 1. The Morgan fingerprint density at radius 2 is 2.07 bits per heavy atom. The Bertz CT molecular complexity index is 824. The molecule has 2 fully saturated rings. The van der Waals surface area contributed by atoms with E-state index in [0.717, 1.165) is 43.9 Å². The van der Waals surface area contributed by atoms with Crippen LogP contribution in [0.25, 0.3) is 0 Å². The van der Waals surface area contributed by atoms with Gasteiger partial charge in [-0.2, -0.15) is 0 Å². The minimum atomic E-state index is 0.283. The summed E-state index contributed by atoms with van der Waals surface area (Å²) in [6.45, 7) is 5.78. The van der Waals surface area contributed by atoms with Crippen LogP contribution in [0.2, 0.25) is 0 Å². The Morgan fingerprint density at radius 3 is 2.82 bits per heavy atom. The SMILES string of the molecule is COc1ccc(CN2CC[C@H]3[C@H](CCC(=O)N3Cc3ccccn3)C2)cc1C. The normalized spacial score (nSPS) is 22.8. The van der Waals surface area contributed by atoms with Crippen LogP contribution in [0.5, 0.6) is 5.75 Å². The third kappa shape index (κ3) is 4.04. The molecule has 0 bridgehead atoms. The Balaban J connectivity index is 1.41. The zero-order chi connectivity index (χ0) is 19.5. The summed E-state index contributed by atoms with van der Waals surface area (Å²) in [6.07, 6.45) is 4.50. The van der Waals surface area contributed by atoms with Gasteiger partial charge in [0.1, 0.15) is 5.75 Å². The first-order valence-electron chi connectivity index (χ1n) is 10.2. The number of rotatable bonds is 5. The van der Waals surface area contributed by atoms with Crippen molar-refractivity contribution in [3.8, 4) is 5.75 Å². The monoisotopic (exact) mass is 379 g/mol. The van der Waals surface area contributed by atoms with Crippen LogP contribution in [0.3, 0.4) is 0 Å². The number of pyridine rings is 1. The number of amides is 1. The van der Waals surface area contributed by atoms with Crippen molar-refractivity contribution in [2.75, 3.05) is 20.2 Å². The van der Waals surface area contributed by atoms with Gasteiger partial charge in [-0.3, -0.25) is 14.7 Å². The highest BCUT2D eigenvalue weighted by Gasteiger charge is 2.39. The van der Waals surface area contributed by atoms with Crippen molar-refractivity contribution < 1.29 is 9.53 Å². The quantitative estimate of drug-likeness (QED) is 0.799.